The summed E-state index contributed by atoms with van der Waals surface area (Å²) >= 11 is 0. The lowest BCUT2D eigenvalue weighted by molar-refractivity contribution is 0.0722. The van der Waals surface area contributed by atoms with Crippen LogP contribution in [0.25, 0.3) is 11.1 Å². The highest BCUT2D eigenvalue weighted by atomic mass is 16.5. The van der Waals surface area contributed by atoms with E-state index in [1.54, 1.807) is 0 Å². The van der Waals surface area contributed by atoms with Crippen LogP contribution in [0.1, 0.15) is 90.2 Å². The molecule has 0 saturated heterocycles. The van der Waals surface area contributed by atoms with Crippen LogP contribution < -0.4 is 9.47 Å². The predicted octanol–water partition coefficient (Wildman–Crippen LogP) is 9.38. The largest absolute Gasteiger partial charge is 0.422 e. The molecule has 0 aliphatic heterocycles. The van der Waals surface area contributed by atoms with Gasteiger partial charge in [-0.2, -0.15) is 0 Å². The van der Waals surface area contributed by atoms with E-state index < -0.39 is 0 Å². The molecule has 0 heterocycles. The van der Waals surface area contributed by atoms with Gasteiger partial charge in [0.15, 0.2) is 0 Å². The van der Waals surface area contributed by atoms with Crippen molar-refractivity contribution in [2.45, 2.75) is 82.1 Å². The molecule has 0 fully saturated rings. The number of rotatable bonds is 7. The van der Waals surface area contributed by atoms with Gasteiger partial charge in [-0.1, -0.05) is 38.1 Å². The van der Waals surface area contributed by atoms with Crippen molar-refractivity contribution in [1.29, 1.82) is 0 Å². The summed E-state index contributed by atoms with van der Waals surface area (Å²) in [6.45, 7) is 20.6. The maximum atomic E-state index is 13.1. The minimum absolute atomic E-state index is 0.357. The molecule has 4 aromatic carbocycles. The van der Waals surface area contributed by atoms with Crippen molar-refractivity contribution in [1.82, 2.24) is 0 Å². The molecule has 0 saturated carbocycles. The van der Waals surface area contributed by atoms with Crippen molar-refractivity contribution in [2.24, 2.45) is 0 Å². The van der Waals surface area contributed by atoms with E-state index in [0.717, 1.165) is 68.5 Å². The Morgan fingerprint density at radius 1 is 0.452 bits per heavy atom. The molecule has 0 bridgehead atoms. The molecule has 4 rings (SSSR count). The Morgan fingerprint density at radius 2 is 0.714 bits per heavy atom. The molecular formula is C38H42O4. The fourth-order valence-electron chi connectivity index (χ4n) is 5.67. The minimum Gasteiger partial charge on any atom is -0.422 e. The van der Waals surface area contributed by atoms with Crippen LogP contribution in [-0.2, 0) is 12.8 Å². The molecule has 4 nitrogen and oxygen atoms in total. The van der Waals surface area contributed by atoms with E-state index in [4.69, 9.17) is 9.47 Å². The third kappa shape index (κ3) is 5.63. The van der Waals surface area contributed by atoms with Gasteiger partial charge >= 0.3 is 11.9 Å². The maximum Gasteiger partial charge on any atom is 0.343 e. The first-order valence-electron chi connectivity index (χ1n) is 14.7. The van der Waals surface area contributed by atoms with Crippen LogP contribution >= 0.6 is 0 Å². The lowest BCUT2D eigenvalue weighted by atomic mass is 9.82. The highest BCUT2D eigenvalue weighted by molar-refractivity contribution is 5.93. The van der Waals surface area contributed by atoms with E-state index in [-0.39, 0.29) is 11.9 Å². The summed E-state index contributed by atoms with van der Waals surface area (Å²) in [5, 5.41) is 0. The van der Waals surface area contributed by atoms with E-state index in [0.29, 0.717) is 22.6 Å². The van der Waals surface area contributed by atoms with E-state index in [1.807, 2.05) is 76.2 Å². The number of carbonyl (C=O) groups is 2. The highest BCUT2D eigenvalue weighted by Gasteiger charge is 2.25. The SMILES string of the molecule is CCc1ccc(C(=O)Oc2c(C)c(C)c(-c3c(C)c(C)c(OC(=O)c4ccc(CC)cc4)c(C)c3C)c(C)c2C)cc1. The van der Waals surface area contributed by atoms with Gasteiger partial charge in [-0.3, -0.25) is 0 Å². The molecule has 0 amide bonds. The lowest BCUT2D eigenvalue weighted by Crippen LogP contribution is -2.13. The van der Waals surface area contributed by atoms with Crippen molar-refractivity contribution in [3.8, 4) is 22.6 Å². The minimum atomic E-state index is -0.357. The van der Waals surface area contributed by atoms with E-state index >= 15 is 0 Å². The molecule has 0 aromatic heterocycles. The fraction of sp³-hybridized carbons (Fsp3) is 0.316. The molecule has 0 spiro atoms. The van der Waals surface area contributed by atoms with Crippen LogP contribution in [-0.4, -0.2) is 11.9 Å². The summed E-state index contributed by atoms with van der Waals surface area (Å²) in [6, 6.07) is 15.2. The topological polar surface area (TPSA) is 52.6 Å². The smallest absolute Gasteiger partial charge is 0.343 e. The second-order valence-electron chi connectivity index (χ2n) is 11.3. The summed E-state index contributed by atoms with van der Waals surface area (Å²) in [4.78, 5) is 26.2. The second kappa shape index (κ2) is 12.4. The molecule has 0 radical (unpaired) electrons. The lowest BCUT2D eigenvalue weighted by Gasteiger charge is -2.25. The summed E-state index contributed by atoms with van der Waals surface area (Å²) < 4.78 is 12.0. The van der Waals surface area contributed by atoms with Gasteiger partial charge in [-0.15, -0.1) is 0 Å². The Balaban J connectivity index is 1.74. The monoisotopic (exact) mass is 562 g/mol. The zero-order chi connectivity index (χ0) is 30.9. The van der Waals surface area contributed by atoms with Crippen LogP contribution in [0.4, 0.5) is 0 Å². The van der Waals surface area contributed by atoms with Crippen LogP contribution in [0.3, 0.4) is 0 Å². The van der Waals surface area contributed by atoms with Gasteiger partial charge < -0.3 is 9.47 Å². The van der Waals surface area contributed by atoms with Crippen molar-refractivity contribution >= 4 is 11.9 Å². The van der Waals surface area contributed by atoms with E-state index in [1.165, 1.54) is 11.1 Å². The zero-order valence-corrected chi connectivity index (χ0v) is 26.7. The van der Waals surface area contributed by atoms with Gasteiger partial charge in [0, 0.05) is 0 Å². The zero-order valence-electron chi connectivity index (χ0n) is 26.7. The first-order valence-corrected chi connectivity index (χ1v) is 14.7. The molecule has 0 aliphatic carbocycles. The number of hydrogen-bond acceptors (Lipinski definition) is 4. The average molecular weight is 563 g/mol. The fourth-order valence-corrected chi connectivity index (χ4v) is 5.67. The van der Waals surface area contributed by atoms with Crippen molar-refractivity contribution in [3.63, 3.8) is 0 Å². The number of esters is 2. The van der Waals surface area contributed by atoms with Crippen LogP contribution in [0.5, 0.6) is 11.5 Å². The van der Waals surface area contributed by atoms with Crippen LogP contribution in [0, 0.1) is 55.4 Å². The molecule has 4 heteroatoms. The van der Waals surface area contributed by atoms with Crippen molar-refractivity contribution in [2.75, 3.05) is 0 Å². The molecule has 0 unspecified atom stereocenters. The molecule has 0 atom stereocenters. The first-order chi connectivity index (χ1) is 19.9. The third-order valence-corrected chi connectivity index (χ3v) is 8.95. The number of ether oxygens (including phenoxy) is 2. The summed E-state index contributed by atoms with van der Waals surface area (Å²) in [7, 11) is 0. The Hall–Kier alpha value is -4.18. The quantitative estimate of drug-likeness (QED) is 0.166. The van der Waals surface area contributed by atoms with Gasteiger partial charge in [0.1, 0.15) is 11.5 Å². The number of hydrogen-bond donors (Lipinski definition) is 0. The third-order valence-electron chi connectivity index (χ3n) is 8.95. The standard InChI is InChI=1S/C38H42O4/c1-11-29-13-17-31(18-14-29)37(39)41-35-25(7)21(3)33(22(4)26(35)8)34-23(5)27(9)36(28(10)24(34)6)42-38(40)32-19-15-30(12-2)16-20-32/h13-20H,11-12H2,1-10H3. The van der Waals surface area contributed by atoms with Gasteiger partial charge in [-0.25, -0.2) is 9.59 Å². The maximum absolute atomic E-state index is 13.1. The number of aryl methyl sites for hydroxylation is 2. The number of carbonyl (C=O) groups excluding carboxylic acids is 2. The van der Waals surface area contributed by atoms with Crippen LogP contribution in [0.2, 0.25) is 0 Å². The van der Waals surface area contributed by atoms with Gasteiger partial charge in [0.25, 0.3) is 0 Å². The first kappa shape index (κ1) is 30.8. The Labute approximate surface area is 250 Å². The molecule has 4 aromatic rings. The van der Waals surface area contributed by atoms with Gasteiger partial charge in [-0.05, 0) is 159 Å². The van der Waals surface area contributed by atoms with E-state index in [2.05, 4.69) is 41.5 Å². The average Bonchev–Trinajstić information content (AvgIpc) is 3.00. The second-order valence-corrected chi connectivity index (χ2v) is 11.3. The summed E-state index contributed by atoms with van der Waals surface area (Å²) in [5.74, 6) is 0.512. The summed E-state index contributed by atoms with van der Waals surface area (Å²) in [6.07, 6.45) is 1.84. The Morgan fingerprint density at radius 3 is 0.952 bits per heavy atom. The molecule has 218 valence electrons. The van der Waals surface area contributed by atoms with Gasteiger partial charge in [0.2, 0.25) is 0 Å². The predicted molar refractivity (Wildman–Crippen MR) is 171 cm³/mol. The Kier molecular flexibility index (Phi) is 9.06. The molecular weight excluding hydrogens is 520 g/mol. The Bertz CT molecular complexity index is 1490. The summed E-state index contributed by atoms with van der Waals surface area (Å²) in [5.41, 5.74) is 13.7. The molecule has 0 N–H and O–H groups in total. The number of benzene rings is 4. The normalized spacial score (nSPS) is 11.0. The van der Waals surface area contributed by atoms with E-state index in [9.17, 15) is 9.59 Å². The van der Waals surface area contributed by atoms with Gasteiger partial charge in [0.05, 0.1) is 11.1 Å². The molecule has 42 heavy (non-hydrogen) atoms. The highest BCUT2D eigenvalue weighted by Crippen LogP contribution is 2.44. The molecule has 0 aliphatic rings. The van der Waals surface area contributed by atoms with Crippen LogP contribution in [0.15, 0.2) is 48.5 Å². The van der Waals surface area contributed by atoms with Crippen molar-refractivity contribution in [3.05, 3.63) is 115 Å². The van der Waals surface area contributed by atoms with Crippen molar-refractivity contribution < 1.29 is 19.1 Å².